The maximum Gasteiger partial charge on any atom is 0.314 e. The van der Waals surface area contributed by atoms with Crippen LogP contribution in [-0.2, 0) is 160 Å². The van der Waals surface area contributed by atoms with Crippen LogP contribution in [0.5, 0.6) is 0 Å². The van der Waals surface area contributed by atoms with E-state index in [0.717, 1.165) is 123 Å². The number of esters is 4. The topological polar surface area (TPSA) is 408 Å². The van der Waals surface area contributed by atoms with Crippen molar-refractivity contribution in [3.8, 4) is 12.3 Å². The van der Waals surface area contributed by atoms with E-state index in [1.54, 1.807) is 76.3 Å². The number of amides is 2. The van der Waals surface area contributed by atoms with Gasteiger partial charge >= 0.3 is 29.8 Å². The molecule has 5 atom stereocenters. The molecule has 145 heavy (non-hydrogen) atoms. The minimum atomic E-state index is -1.17. The number of aliphatic carboxylic acids is 1. The van der Waals surface area contributed by atoms with Crippen LogP contribution < -0.4 is 5.32 Å². The summed E-state index contributed by atoms with van der Waals surface area (Å²) in [5.74, 6) is 1.14. The van der Waals surface area contributed by atoms with E-state index >= 15 is 0 Å². The summed E-state index contributed by atoms with van der Waals surface area (Å²) in [4.78, 5) is 90.8. The second-order valence-corrected chi connectivity index (χ2v) is 41.4. The summed E-state index contributed by atoms with van der Waals surface area (Å²) in [6.07, 6.45) is 9.72. The third kappa shape index (κ3) is 34.7. The number of nitrogens with one attached hydrogen (secondary N) is 1. The van der Waals surface area contributed by atoms with Crippen molar-refractivity contribution >= 4 is 64.9 Å². The summed E-state index contributed by atoms with van der Waals surface area (Å²) < 4.78 is 57.0. The third-order valence-corrected chi connectivity index (χ3v) is 26.3. The molecule has 6 heterocycles. The molecule has 11 rings (SSSR count). The van der Waals surface area contributed by atoms with Gasteiger partial charge in [-0.2, -0.15) is 0 Å². The summed E-state index contributed by atoms with van der Waals surface area (Å²) in [6, 6.07) is 29.1. The quantitative estimate of drug-likeness (QED) is 0.0120. The van der Waals surface area contributed by atoms with Crippen molar-refractivity contribution in [3.63, 3.8) is 0 Å². The smallest absolute Gasteiger partial charge is 0.314 e. The molecule has 9 aromatic rings. The Hall–Kier alpha value is -11.3. The molecule has 0 saturated carbocycles. The molecule has 0 aliphatic carbocycles. The van der Waals surface area contributed by atoms with E-state index in [2.05, 4.69) is 85.1 Å². The number of terminal acetylenes is 1. The first-order valence-corrected chi connectivity index (χ1v) is 49.6. The molecule has 2 amide bonds. The summed E-state index contributed by atoms with van der Waals surface area (Å²) in [7, 11) is 9.19. The largest absolute Gasteiger partial charge is 0.481 e. The van der Waals surface area contributed by atoms with Crippen molar-refractivity contribution in [2.75, 3.05) is 88.4 Å². The maximum absolute atomic E-state index is 12.6. The zero-order chi connectivity index (χ0) is 108. The average molecular weight is 2050 g/mol. The van der Waals surface area contributed by atoms with E-state index < -0.39 is 63.6 Å². The fourth-order valence-corrected chi connectivity index (χ4v) is 17.4. The number of rotatable bonds is 39. The van der Waals surface area contributed by atoms with E-state index in [-0.39, 0.29) is 92.8 Å². The van der Waals surface area contributed by atoms with Gasteiger partial charge in [-0.3, -0.25) is 57.2 Å². The van der Waals surface area contributed by atoms with Gasteiger partial charge in [0, 0.05) is 84.8 Å². The number of hydrogen-bond acceptors (Lipinski definition) is 28. The molecule has 2 aliphatic heterocycles. The molecule has 0 bridgehead atoms. The minimum Gasteiger partial charge on any atom is -0.481 e. The number of benzene rings is 5. The van der Waals surface area contributed by atoms with E-state index in [1.807, 2.05) is 214 Å². The summed E-state index contributed by atoms with van der Waals surface area (Å²) in [5, 5.41) is 64.5. The Balaban J connectivity index is 0.000000272. The normalized spacial score (nSPS) is 15.0. The van der Waals surface area contributed by atoms with Gasteiger partial charge in [0.15, 0.2) is 0 Å². The van der Waals surface area contributed by atoms with Crippen molar-refractivity contribution in [1.82, 2.24) is 80.0 Å². The Morgan fingerprint density at radius 2 is 0.703 bits per heavy atom. The van der Waals surface area contributed by atoms with Crippen molar-refractivity contribution < 1.29 is 91.5 Å². The number of aliphatic hydroxyl groups is 2. The molecule has 35 nitrogen and oxygen atoms in total. The molecule has 0 spiro atoms. The first-order chi connectivity index (χ1) is 68.2. The van der Waals surface area contributed by atoms with Gasteiger partial charge in [0.2, 0.25) is 11.8 Å². The highest BCUT2D eigenvalue weighted by molar-refractivity contribution is 6.17. The number of aryl methyl sites for hydroxylation is 9. The van der Waals surface area contributed by atoms with Gasteiger partial charge in [0.05, 0.1) is 164 Å². The van der Waals surface area contributed by atoms with Gasteiger partial charge in [0.25, 0.3) is 0 Å². The monoisotopic (exact) mass is 2050 g/mol. The van der Waals surface area contributed by atoms with Crippen LogP contribution in [0.4, 0.5) is 0 Å². The molecular weight excluding hydrogens is 1900 g/mol. The van der Waals surface area contributed by atoms with Crippen LogP contribution in [0.3, 0.4) is 0 Å². The summed E-state index contributed by atoms with van der Waals surface area (Å²) >= 11 is 12.1. The lowest BCUT2D eigenvalue weighted by Gasteiger charge is -2.32. The number of alkyl halides is 2. The van der Waals surface area contributed by atoms with Gasteiger partial charge in [-0.25, -0.2) is 0 Å². The van der Waals surface area contributed by atoms with Crippen molar-refractivity contribution in [2.24, 2.45) is 37.9 Å². The number of hydrogen-bond donors (Lipinski definition) is 4. The number of carboxylic acids is 1. The Morgan fingerprint density at radius 3 is 0.986 bits per heavy atom. The zero-order valence-corrected chi connectivity index (χ0v) is 91.9. The van der Waals surface area contributed by atoms with Crippen LogP contribution in [0.25, 0.3) is 0 Å². The molecule has 4 N–H and O–H groups in total. The van der Waals surface area contributed by atoms with E-state index in [4.69, 9.17) is 72.3 Å². The molecule has 796 valence electrons. The number of carbonyl (C=O) groups is 7. The number of aromatic nitrogens is 12. The standard InChI is InChI=1S/C26H39N5O4.2C19H26ClN3O3.C19H27N3O4.C17H22O4.C8H16N2O/c1-8-31-13-21(27-28-31)15-35-23(26(5,6)24(33)34)19-10-9-18(2)20(11-19)12-30-14-22(32)29(7)16-25(3,4)17-30;2*1-6-23-11-16(21-22-23)12-26-17(19(3,4)18(24)25-5)14-8-7-13(2)15(9-14)10-20;1-6-22-10-16(20-21-22)12-26-17(19(3,4)18(24)25-5)14-8-7-13(2)15(9-14)11-23;1-6-9-21-15(17(3,4)16(19)20-5)13-8-7-12(2)14(10-13)11-18;1-8(2)5-9-4-7(11)10(3)6-8/h9-11,13,23H,8,12,14-17H2,1-7H3,(H,33,34);2*7-9,11,17H,6,10,12H2,1-5H3;7-10,17,23H,6,11-12H2,1-5H3;1,7-8,10,15,18H,9,11H2,2-5H3;9H,4-6H2,1-3H3. The van der Waals surface area contributed by atoms with Gasteiger partial charge in [-0.1, -0.05) is 145 Å². The molecule has 2 aliphatic rings. The van der Waals surface area contributed by atoms with Crippen LogP contribution in [0, 0.1) is 84.9 Å². The van der Waals surface area contributed by atoms with Crippen molar-refractivity contribution in [1.29, 1.82) is 0 Å². The van der Waals surface area contributed by atoms with Crippen LogP contribution in [-0.4, -0.2) is 220 Å². The predicted octanol–water partition coefficient (Wildman–Crippen LogP) is 15.9. The number of carbonyl (C=O) groups excluding carboxylic acids is 6. The fraction of sp³-hybridized carbons (Fsp3) is 0.565. The lowest BCUT2D eigenvalue weighted by molar-refractivity contribution is -0.162. The molecule has 5 aromatic carbocycles. The number of methoxy groups -OCH3 is 4. The minimum absolute atomic E-state index is 0.0285. The Morgan fingerprint density at radius 1 is 0.428 bits per heavy atom. The molecule has 5 unspecified atom stereocenters. The van der Waals surface area contributed by atoms with Crippen LogP contribution in [0.15, 0.2) is 116 Å². The molecule has 4 aromatic heterocycles. The first kappa shape index (κ1) is 122. The lowest BCUT2D eigenvalue weighted by atomic mass is 9.81. The molecule has 2 saturated heterocycles. The SMILES string of the molecule is C#CCOC(c1ccc(C)c(CO)c1)C(C)(C)C(=O)OC.CCn1cc(COC(c2ccc(C)c(CCl)c2)C(C)(C)C(=O)OC)nn1.CCn1cc(COC(c2ccc(C)c(CCl)c2)C(C)(C)C(=O)OC)nn1.CCn1cc(COC(c2ccc(C)c(CN3CC(=O)N(C)CC(C)(C)C3)c2)C(C)(C)C(=O)O)nn1.CCn1cc(COC(c2ccc(C)c(CO)c2)C(C)(C)C(=O)OC)nn1.CN1CC(C)(C)CNCC1=O. The number of carboxylic acid groups (broad SMARTS) is 1. The lowest BCUT2D eigenvalue weighted by Crippen LogP contribution is -2.35. The number of halogens is 2. The van der Waals surface area contributed by atoms with Gasteiger partial charge < -0.3 is 73.1 Å². The van der Waals surface area contributed by atoms with E-state index in [0.29, 0.717) is 67.3 Å². The highest BCUT2D eigenvalue weighted by atomic mass is 35.5. The highest BCUT2D eigenvalue weighted by Crippen LogP contribution is 2.45. The van der Waals surface area contributed by atoms with Crippen LogP contribution >= 0.6 is 23.2 Å². The van der Waals surface area contributed by atoms with Crippen molar-refractivity contribution in [3.05, 3.63) is 222 Å². The average Bonchev–Trinajstić information content (AvgIpc) is 1.03. The predicted molar refractivity (Wildman–Crippen MR) is 553 cm³/mol. The van der Waals surface area contributed by atoms with Crippen LogP contribution in [0.2, 0.25) is 0 Å². The van der Waals surface area contributed by atoms with Crippen LogP contribution in [0.1, 0.15) is 261 Å². The number of nitrogens with zero attached hydrogens (tertiary/aromatic N) is 15. The highest BCUT2D eigenvalue weighted by Gasteiger charge is 2.46. The van der Waals surface area contributed by atoms with Crippen molar-refractivity contribution in [2.45, 2.75) is 274 Å². The molecule has 37 heteroatoms. The Kier molecular flexibility index (Phi) is 47.3. The van der Waals surface area contributed by atoms with Gasteiger partial charge in [-0.05, 0) is 226 Å². The number of likely N-dealkylation sites (N-methyl/N-ethyl adjacent to an activating group) is 2. The second-order valence-electron chi connectivity index (χ2n) is 40.9. The molecule has 2 fully saturated rings. The molecular formula is C108H156Cl2N16O19. The van der Waals surface area contributed by atoms with E-state index in [9.17, 15) is 48.9 Å². The summed E-state index contributed by atoms with van der Waals surface area (Å²) in [6.45, 7) is 52.6. The zero-order valence-electron chi connectivity index (χ0n) is 90.4. The first-order valence-electron chi connectivity index (χ1n) is 48.6. The number of ether oxygens (including phenoxy) is 9. The third-order valence-electron chi connectivity index (χ3n) is 25.7. The Bertz CT molecular complexity index is 5450. The second kappa shape index (κ2) is 56.0. The van der Waals surface area contributed by atoms with E-state index in [1.165, 1.54) is 28.4 Å². The van der Waals surface area contributed by atoms with Gasteiger partial charge in [-0.15, -0.1) is 50.0 Å². The fourth-order valence-electron chi connectivity index (χ4n) is 16.8. The number of aliphatic hydroxyl groups excluding tert-OH is 2. The molecule has 0 radical (unpaired) electrons. The Labute approximate surface area is 866 Å². The maximum atomic E-state index is 12.6. The summed E-state index contributed by atoms with van der Waals surface area (Å²) in [5.41, 5.74) is 12.3. The van der Waals surface area contributed by atoms with Gasteiger partial charge in [0.1, 0.15) is 29.4 Å².